The van der Waals surface area contributed by atoms with Gasteiger partial charge in [0.1, 0.15) is 5.82 Å². The number of benzene rings is 2. The Balaban J connectivity index is 1.86. The fourth-order valence-electron chi connectivity index (χ4n) is 2.19. The fraction of sp³-hybridized carbons (Fsp3) is 0.0526. The number of carbonyl (C=O) groups excluding carboxylic acids is 1. The first-order valence-electron chi connectivity index (χ1n) is 7.14. The molecule has 23 heavy (non-hydrogen) atoms. The molecule has 114 valence electrons. The molecule has 3 rings (SSSR count). The lowest BCUT2D eigenvalue weighted by Gasteiger charge is -1.98. The van der Waals surface area contributed by atoms with Gasteiger partial charge in [-0.3, -0.25) is 0 Å². The molecular formula is C19H14FNO2. The summed E-state index contributed by atoms with van der Waals surface area (Å²) in [6.45, 7) is 1.89. The molecule has 0 bridgehead atoms. The molecule has 1 aliphatic heterocycles. The summed E-state index contributed by atoms with van der Waals surface area (Å²) in [7, 11) is 0. The van der Waals surface area contributed by atoms with Gasteiger partial charge in [-0.1, -0.05) is 36.4 Å². The van der Waals surface area contributed by atoms with Gasteiger partial charge in [0, 0.05) is 5.56 Å². The van der Waals surface area contributed by atoms with E-state index in [1.165, 1.54) is 24.3 Å². The molecule has 0 atom stereocenters. The number of nitrogens with zero attached hydrogens (tertiary/aromatic N) is 1. The highest BCUT2D eigenvalue weighted by Crippen LogP contribution is 2.19. The number of carbonyl (C=O) groups is 1. The van der Waals surface area contributed by atoms with Crippen molar-refractivity contribution in [1.82, 2.24) is 0 Å². The van der Waals surface area contributed by atoms with Gasteiger partial charge < -0.3 is 4.74 Å². The van der Waals surface area contributed by atoms with E-state index in [0.29, 0.717) is 5.56 Å². The minimum atomic E-state index is -0.509. The summed E-state index contributed by atoms with van der Waals surface area (Å²) in [6.07, 6.45) is 3.62. The van der Waals surface area contributed by atoms with Crippen LogP contribution >= 0.6 is 0 Å². The number of hydrogen-bond acceptors (Lipinski definition) is 3. The molecule has 0 fully saturated rings. The number of rotatable bonds is 3. The van der Waals surface area contributed by atoms with Gasteiger partial charge in [0.15, 0.2) is 5.70 Å². The van der Waals surface area contributed by atoms with Crippen LogP contribution in [0, 0.1) is 5.82 Å². The number of aliphatic imine (C=N–C) groups is 1. The average molecular weight is 307 g/mol. The number of hydrogen-bond donors (Lipinski definition) is 0. The van der Waals surface area contributed by atoms with Crippen molar-refractivity contribution in [3.63, 3.8) is 0 Å². The summed E-state index contributed by atoms with van der Waals surface area (Å²) in [4.78, 5) is 16.1. The minimum Gasteiger partial charge on any atom is -0.402 e. The molecule has 0 N–H and O–H groups in total. The summed E-state index contributed by atoms with van der Waals surface area (Å²) < 4.78 is 18.1. The van der Waals surface area contributed by atoms with Crippen LogP contribution in [0.5, 0.6) is 0 Å². The number of ether oxygens (including phenoxy) is 1. The van der Waals surface area contributed by atoms with Crippen LogP contribution in [-0.4, -0.2) is 11.9 Å². The Kier molecular flexibility index (Phi) is 4.15. The topological polar surface area (TPSA) is 38.7 Å². The molecule has 0 unspecified atom stereocenters. The van der Waals surface area contributed by atoms with E-state index in [4.69, 9.17) is 4.74 Å². The molecule has 0 spiro atoms. The summed E-state index contributed by atoms with van der Waals surface area (Å²) in [6, 6.07) is 15.4. The number of allylic oxidation sites excluding steroid dienone is 2. The van der Waals surface area contributed by atoms with Crippen molar-refractivity contribution in [2.24, 2.45) is 4.99 Å². The molecule has 0 saturated carbocycles. The van der Waals surface area contributed by atoms with Crippen LogP contribution in [0.1, 0.15) is 18.1 Å². The minimum absolute atomic E-state index is 0.189. The molecule has 0 amide bonds. The lowest BCUT2D eigenvalue weighted by Crippen LogP contribution is -2.05. The van der Waals surface area contributed by atoms with Gasteiger partial charge in [0.2, 0.25) is 5.90 Å². The van der Waals surface area contributed by atoms with Crippen molar-refractivity contribution in [1.29, 1.82) is 0 Å². The van der Waals surface area contributed by atoms with Gasteiger partial charge in [0.05, 0.1) is 0 Å². The highest BCUT2D eigenvalue weighted by molar-refractivity contribution is 6.11. The SMILES string of the molecule is CC(/C=C1\N=C(c2ccc(F)cc2)OC1=O)=C\c1ccccc1. The molecule has 1 heterocycles. The second kappa shape index (κ2) is 6.40. The third kappa shape index (κ3) is 3.61. The van der Waals surface area contributed by atoms with E-state index in [2.05, 4.69) is 4.99 Å². The molecule has 3 nitrogen and oxygen atoms in total. The first-order valence-corrected chi connectivity index (χ1v) is 7.14. The highest BCUT2D eigenvalue weighted by atomic mass is 19.1. The van der Waals surface area contributed by atoms with Crippen molar-refractivity contribution in [2.75, 3.05) is 0 Å². The van der Waals surface area contributed by atoms with E-state index < -0.39 is 5.97 Å². The fourth-order valence-corrected chi connectivity index (χ4v) is 2.19. The maximum absolute atomic E-state index is 12.9. The lowest BCUT2D eigenvalue weighted by molar-refractivity contribution is -0.130. The molecule has 1 aliphatic rings. The van der Waals surface area contributed by atoms with Gasteiger partial charge in [0.25, 0.3) is 0 Å². The zero-order chi connectivity index (χ0) is 16.2. The van der Waals surface area contributed by atoms with Crippen LogP contribution in [0.3, 0.4) is 0 Å². The Hall–Kier alpha value is -3.01. The summed E-state index contributed by atoms with van der Waals surface area (Å²) in [5.41, 5.74) is 2.71. The summed E-state index contributed by atoms with van der Waals surface area (Å²) in [5.74, 6) is -0.671. The molecule has 0 aromatic heterocycles. The molecule has 0 aliphatic carbocycles. The molecule has 2 aromatic rings. The second-order valence-electron chi connectivity index (χ2n) is 5.14. The van der Waals surface area contributed by atoms with Gasteiger partial charge in [-0.05, 0) is 48.4 Å². The zero-order valence-corrected chi connectivity index (χ0v) is 12.5. The van der Waals surface area contributed by atoms with Crippen molar-refractivity contribution in [3.8, 4) is 0 Å². The van der Waals surface area contributed by atoms with Gasteiger partial charge in [-0.25, -0.2) is 14.2 Å². The normalized spacial score (nSPS) is 16.4. The molecular weight excluding hydrogens is 293 g/mol. The first kappa shape index (κ1) is 14.9. The average Bonchev–Trinajstić information content (AvgIpc) is 2.90. The van der Waals surface area contributed by atoms with E-state index >= 15 is 0 Å². The van der Waals surface area contributed by atoms with Crippen LogP contribution in [0.25, 0.3) is 6.08 Å². The first-order chi connectivity index (χ1) is 11.1. The van der Waals surface area contributed by atoms with Crippen molar-refractivity contribution < 1.29 is 13.9 Å². The van der Waals surface area contributed by atoms with Gasteiger partial charge >= 0.3 is 5.97 Å². The quantitative estimate of drug-likeness (QED) is 0.632. The molecule has 0 saturated heterocycles. The van der Waals surface area contributed by atoms with Crippen LogP contribution in [0.4, 0.5) is 4.39 Å². The van der Waals surface area contributed by atoms with Crippen LogP contribution in [0.15, 0.2) is 76.9 Å². The Morgan fingerprint density at radius 2 is 1.78 bits per heavy atom. The second-order valence-corrected chi connectivity index (χ2v) is 5.14. The van der Waals surface area contributed by atoms with E-state index in [0.717, 1.165) is 11.1 Å². The Bertz CT molecular complexity index is 818. The van der Waals surface area contributed by atoms with Crippen LogP contribution in [-0.2, 0) is 9.53 Å². The third-order valence-electron chi connectivity index (χ3n) is 3.27. The van der Waals surface area contributed by atoms with Crippen molar-refractivity contribution in [3.05, 3.63) is 88.9 Å². The van der Waals surface area contributed by atoms with Crippen LogP contribution < -0.4 is 0 Å². The zero-order valence-electron chi connectivity index (χ0n) is 12.5. The van der Waals surface area contributed by atoms with E-state index in [-0.39, 0.29) is 17.4 Å². The molecule has 2 aromatic carbocycles. The van der Waals surface area contributed by atoms with E-state index in [1.54, 1.807) is 6.08 Å². The van der Waals surface area contributed by atoms with Crippen molar-refractivity contribution in [2.45, 2.75) is 6.92 Å². The molecule has 4 heteroatoms. The van der Waals surface area contributed by atoms with Crippen LogP contribution in [0.2, 0.25) is 0 Å². The maximum Gasteiger partial charge on any atom is 0.363 e. The predicted molar refractivity (Wildman–Crippen MR) is 87.2 cm³/mol. The third-order valence-corrected chi connectivity index (χ3v) is 3.27. The summed E-state index contributed by atoms with van der Waals surface area (Å²) in [5, 5.41) is 0. The standard InChI is InChI=1S/C19H14FNO2/c1-13(11-14-5-3-2-4-6-14)12-17-19(22)23-18(21-17)15-7-9-16(20)10-8-15/h2-12H,1H3/b13-11+,17-12-. The van der Waals surface area contributed by atoms with E-state index in [1.807, 2.05) is 43.3 Å². The number of halogens is 1. The van der Waals surface area contributed by atoms with Gasteiger partial charge in [-0.15, -0.1) is 0 Å². The van der Waals surface area contributed by atoms with E-state index in [9.17, 15) is 9.18 Å². The largest absolute Gasteiger partial charge is 0.402 e. The Morgan fingerprint density at radius 1 is 1.09 bits per heavy atom. The van der Waals surface area contributed by atoms with Gasteiger partial charge in [-0.2, -0.15) is 0 Å². The lowest BCUT2D eigenvalue weighted by atomic mass is 10.1. The Labute approximate surface area is 133 Å². The highest BCUT2D eigenvalue weighted by Gasteiger charge is 2.23. The number of cyclic esters (lactones) is 1. The predicted octanol–water partition coefficient (Wildman–Crippen LogP) is 4.12. The Morgan fingerprint density at radius 3 is 2.48 bits per heavy atom. The molecule has 0 radical (unpaired) electrons. The smallest absolute Gasteiger partial charge is 0.363 e. The maximum atomic E-state index is 12.9. The summed E-state index contributed by atoms with van der Waals surface area (Å²) >= 11 is 0. The monoisotopic (exact) mass is 307 g/mol. The van der Waals surface area contributed by atoms with Crippen molar-refractivity contribution >= 4 is 17.9 Å². The number of esters is 1.